The van der Waals surface area contributed by atoms with E-state index in [1.54, 1.807) is 0 Å². The lowest BCUT2D eigenvalue weighted by Gasteiger charge is -2.27. The summed E-state index contributed by atoms with van der Waals surface area (Å²) >= 11 is 2.03. The molecular weight excluding hydrogens is 226 g/mol. The number of nitrogens with two attached hydrogens (primary N) is 1. The van der Waals surface area contributed by atoms with Crippen LogP contribution in [-0.2, 0) is 6.42 Å². The molecule has 1 aromatic carbocycles. The summed E-state index contributed by atoms with van der Waals surface area (Å²) in [6.45, 7) is 6.69. The van der Waals surface area contributed by atoms with Crippen LogP contribution < -0.4 is 5.73 Å². The third-order valence-corrected chi connectivity index (χ3v) is 5.01. The predicted octanol–water partition coefficient (Wildman–Crippen LogP) is 3.86. The van der Waals surface area contributed by atoms with Gasteiger partial charge in [-0.05, 0) is 36.3 Å². The van der Waals surface area contributed by atoms with Gasteiger partial charge in [0.2, 0.25) is 0 Å². The minimum absolute atomic E-state index is 0.232. The van der Waals surface area contributed by atoms with Crippen LogP contribution in [0, 0.1) is 5.41 Å². The number of hydrogen-bond donors (Lipinski definition) is 1. The number of benzene rings is 1. The van der Waals surface area contributed by atoms with Crippen molar-refractivity contribution >= 4 is 11.8 Å². The molecule has 2 N–H and O–H groups in total. The van der Waals surface area contributed by atoms with E-state index >= 15 is 0 Å². The van der Waals surface area contributed by atoms with E-state index in [-0.39, 0.29) is 5.41 Å². The topological polar surface area (TPSA) is 26.0 Å². The van der Waals surface area contributed by atoms with E-state index in [1.807, 2.05) is 11.8 Å². The van der Waals surface area contributed by atoms with Gasteiger partial charge in [-0.25, -0.2) is 0 Å². The standard InChI is InChI=1S/C15H23NS/c1-15(2,3)14(16)9-8-12-10-11-6-4-5-7-13(11)17-12/h4-7,12,14H,8-10,16H2,1-3H3. The summed E-state index contributed by atoms with van der Waals surface area (Å²) in [5.41, 5.74) is 7.98. The van der Waals surface area contributed by atoms with E-state index < -0.39 is 0 Å². The second-order valence-corrected chi connectivity index (χ2v) is 7.44. The van der Waals surface area contributed by atoms with E-state index in [0.717, 1.165) is 11.7 Å². The quantitative estimate of drug-likeness (QED) is 0.880. The second-order valence-electron chi connectivity index (χ2n) is 6.10. The first-order chi connectivity index (χ1) is 7.97. The third kappa shape index (κ3) is 3.26. The molecule has 0 fully saturated rings. The first-order valence-electron chi connectivity index (χ1n) is 6.47. The molecule has 1 aliphatic rings. The maximum absolute atomic E-state index is 6.22. The fourth-order valence-electron chi connectivity index (χ4n) is 2.21. The average molecular weight is 249 g/mol. The highest BCUT2D eigenvalue weighted by Crippen LogP contribution is 2.39. The summed E-state index contributed by atoms with van der Waals surface area (Å²) in [6, 6.07) is 9.08. The molecule has 0 saturated carbocycles. The van der Waals surface area contributed by atoms with Crippen molar-refractivity contribution < 1.29 is 0 Å². The average Bonchev–Trinajstić information content (AvgIpc) is 2.66. The van der Waals surface area contributed by atoms with Gasteiger partial charge in [-0.1, -0.05) is 39.0 Å². The summed E-state index contributed by atoms with van der Waals surface area (Å²) in [5.74, 6) is 0. The summed E-state index contributed by atoms with van der Waals surface area (Å²) in [4.78, 5) is 1.47. The van der Waals surface area contributed by atoms with Crippen LogP contribution in [0.3, 0.4) is 0 Å². The van der Waals surface area contributed by atoms with E-state index in [4.69, 9.17) is 5.73 Å². The Morgan fingerprint density at radius 2 is 2.06 bits per heavy atom. The van der Waals surface area contributed by atoms with Crippen LogP contribution in [0.15, 0.2) is 29.2 Å². The Hall–Kier alpha value is -0.470. The number of fused-ring (bicyclic) bond motifs is 1. The lowest BCUT2D eigenvalue weighted by molar-refractivity contribution is 0.300. The van der Waals surface area contributed by atoms with Gasteiger partial charge in [-0.3, -0.25) is 0 Å². The second kappa shape index (κ2) is 5.03. The molecule has 0 aromatic heterocycles. The normalized spacial score (nSPS) is 21.3. The van der Waals surface area contributed by atoms with Crippen LogP contribution >= 0.6 is 11.8 Å². The first kappa shape index (κ1) is 13.0. The van der Waals surface area contributed by atoms with Gasteiger partial charge in [0.25, 0.3) is 0 Å². The van der Waals surface area contributed by atoms with Crippen molar-refractivity contribution in [3.05, 3.63) is 29.8 Å². The molecule has 1 heterocycles. The van der Waals surface area contributed by atoms with Crippen molar-refractivity contribution in [1.29, 1.82) is 0 Å². The molecule has 1 aromatic rings. The monoisotopic (exact) mass is 249 g/mol. The van der Waals surface area contributed by atoms with E-state index in [0.29, 0.717) is 6.04 Å². The summed E-state index contributed by atoms with van der Waals surface area (Å²) in [6.07, 6.45) is 3.59. The van der Waals surface area contributed by atoms with Crippen molar-refractivity contribution in [2.75, 3.05) is 0 Å². The first-order valence-corrected chi connectivity index (χ1v) is 7.35. The number of hydrogen-bond acceptors (Lipinski definition) is 2. The molecule has 0 radical (unpaired) electrons. The molecular formula is C15H23NS. The zero-order chi connectivity index (χ0) is 12.5. The summed E-state index contributed by atoms with van der Waals surface area (Å²) in [7, 11) is 0. The Labute approximate surface area is 109 Å². The molecule has 0 saturated heterocycles. The highest BCUT2D eigenvalue weighted by atomic mass is 32.2. The van der Waals surface area contributed by atoms with Crippen LogP contribution in [0.25, 0.3) is 0 Å². The van der Waals surface area contributed by atoms with Crippen LogP contribution in [0.5, 0.6) is 0 Å². The molecule has 0 spiro atoms. The fraction of sp³-hybridized carbons (Fsp3) is 0.600. The number of thioether (sulfide) groups is 1. The Bertz CT molecular complexity index is 356. The highest BCUT2D eigenvalue weighted by molar-refractivity contribution is 8.00. The van der Waals surface area contributed by atoms with Gasteiger partial charge in [-0.2, -0.15) is 0 Å². The minimum Gasteiger partial charge on any atom is -0.327 e. The molecule has 2 atom stereocenters. The Morgan fingerprint density at radius 1 is 1.35 bits per heavy atom. The van der Waals surface area contributed by atoms with Crippen molar-refractivity contribution in [2.45, 2.75) is 56.2 Å². The number of rotatable bonds is 3. The minimum atomic E-state index is 0.232. The molecule has 1 aliphatic heterocycles. The predicted molar refractivity (Wildman–Crippen MR) is 76.5 cm³/mol. The zero-order valence-electron chi connectivity index (χ0n) is 11.1. The smallest absolute Gasteiger partial charge is 0.0136 e. The van der Waals surface area contributed by atoms with E-state index in [9.17, 15) is 0 Å². The Kier molecular flexibility index (Phi) is 3.84. The molecule has 2 rings (SSSR count). The van der Waals surface area contributed by atoms with Crippen LogP contribution in [-0.4, -0.2) is 11.3 Å². The van der Waals surface area contributed by atoms with Gasteiger partial charge >= 0.3 is 0 Å². The van der Waals surface area contributed by atoms with E-state index in [2.05, 4.69) is 45.0 Å². The molecule has 2 heteroatoms. The molecule has 2 unspecified atom stereocenters. The third-order valence-electron chi connectivity index (χ3n) is 3.63. The highest BCUT2D eigenvalue weighted by Gasteiger charge is 2.25. The molecule has 0 bridgehead atoms. The Morgan fingerprint density at radius 3 is 2.71 bits per heavy atom. The Balaban J connectivity index is 1.85. The molecule has 0 amide bonds. The van der Waals surface area contributed by atoms with Crippen LogP contribution in [0.1, 0.15) is 39.2 Å². The van der Waals surface area contributed by atoms with Crippen LogP contribution in [0.2, 0.25) is 0 Å². The summed E-state index contributed by atoms with van der Waals surface area (Å²) in [5, 5.41) is 0.737. The van der Waals surface area contributed by atoms with Crippen LogP contribution in [0.4, 0.5) is 0 Å². The van der Waals surface area contributed by atoms with Gasteiger partial charge < -0.3 is 5.73 Å². The lowest BCUT2D eigenvalue weighted by atomic mass is 9.84. The maximum Gasteiger partial charge on any atom is 0.0136 e. The van der Waals surface area contributed by atoms with Crippen molar-refractivity contribution in [3.63, 3.8) is 0 Å². The maximum atomic E-state index is 6.22. The molecule has 17 heavy (non-hydrogen) atoms. The molecule has 0 aliphatic carbocycles. The van der Waals surface area contributed by atoms with Crippen molar-refractivity contribution in [3.8, 4) is 0 Å². The van der Waals surface area contributed by atoms with Crippen molar-refractivity contribution in [2.24, 2.45) is 11.1 Å². The van der Waals surface area contributed by atoms with Gasteiger partial charge in [-0.15, -0.1) is 11.8 Å². The lowest BCUT2D eigenvalue weighted by Crippen LogP contribution is -2.35. The SMILES string of the molecule is CC(C)(C)C(N)CCC1Cc2ccccc2S1. The summed E-state index contributed by atoms with van der Waals surface area (Å²) < 4.78 is 0. The van der Waals surface area contributed by atoms with Gasteiger partial charge in [0, 0.05) is 16.2 Å². The molecule has 94 valence electrons. The fourth-order valence-corrected chi connectivity index (χ4v) is 3.55. The van der Waals surface area contributed by atoms with Gasteiger partial charge in [0.05, 0.1) is 0 Å². The van der Waals surface area contributed by atoms with E-state index in [1.165, 1.54) is 23.3 Å². The molecule has 1 nitrogen and oxygen atoms in total. The van der Waals surface area contributed by atoms with Crippen molar-refractivity contribution in [1.82, 2.24) is 0 Å². The van der Waals surface area contributed by atoms with Gasteiger partial charge in [0.15, 0.2) is 0 Å². The zero-order valence-corrected chi connectivity index (χ0v) is 11.9. The largest absolute Gasteiger partial charge is 0.327 e. The van der Waals surface area contributed by atoms with Gasteiger partial charge in [0.1, 0.15) is 0 Å².